The van der Waals surface area contributed by atoms with Crippen molar-refractivity contribution in [3.05, 3.63) is 53.5 Å². The van der Waals surface area contributed by atoms with Crippen LogP contribution in [0.2, 0.25) is 0 Å². The lowest BCUT2D eigenvalue weighted by Gasteiger charge is -2.33. The van der Waals surface area contributed by atoms with Gasteiger partial charge in [0, 0.05) is 61.6 Å². The van der Waals surface area contributed by atoms with Crippen LogP contribution in [0.3, 0.4) is 0 Å². The maximum atomic E-state index is 5.49. The van der Waals surface area contributed by atoms with Gasteiger partial charge in [-0.25, -0.2) is 0 Å². The highest BCUT2D eigenvalue weighted by atomic mass is 16.5. The molecule has 2 aliphatic rings. The number of hydrogen-bond donors (Lipinski definition) is 2. The van der Waals surface area contributed by atoms with Gasteiger partial charge in [0.15, 0.2) is 0 Å². The summed E-state index contributed by atoms with van der Waals surface area (Å²) in [6.45, 7) is 7.96. The molecule has 6 nitrogen and oxygen atoms in total. The first-order chi connectivity index (χ1) is 13.9. The zero-order valence-corrected chi connectivity index (χ0v) is 16.4. The Morgan fingerprint density at radius 1 is 1.04 bits per heavy atom. The molecule has 28 heavy (non-hydrogen) atoms. The van der Waals surface area contributed by atoms with Crippen molar-refractivity contribution in [3.63, 3.8) is 0 Å². The fraction of sp³-hybridized carbons (Fsp3) is 0.500. The van der Waals surface area contributed by atoms with Crippen LogP contribution in [0.4, 0.5) is 0 Å². The van der Waals surface area contributed by atoms with Crippen molar-refractivity contribution >= 4 is 10.9 Å². The number of aromatic nitrogens is 3. The van der Waals surface area contributed by atoms with E-state index < -0.39 is 0 Å². The van der Waals surface area contributed by atoms with E-state index in [0.29, 0.717) is 5.92 Å². The fourth-order valence-electron chi connectivity index (χ4n) is 4.76. The van der Waals surface area contributed by atoms with Crippen LogP contribution in [-0.4, -0.2) is 64.4 Å². The minimum Gasteiger partial charge on any atom is -0.379 e. The number of benzene rings is 1. The average Bonchev–Trinajstić information content (AvgIpc) is 3.39. The SMILES string of the molecule is c1cc(CN2CCCC(c3[nH]ncc3CN3CCOCC3)C2)c2[nH]ccc2c1. The van der Waals surface area contributed by atoms with Gasteiger partial charge in [-0.3, -0.25) is 14.9 Å². The first-order valence-electron chi connectivity index (χ1n) is 10.5. The van der Waals surface area contributed by atoms with Crippen LogP contribution in [0.1, 0.15) is 35.6 Å². The maximum absolute atomic E-state index is 5.49. The molecule has 2 aliphatic heterocycles. The van der Waals surface area contributed by atoms with Gasteiger partial charge in [0.25, 0.3) is 0 Å². The van der Waals surface area contributed by atoms with Crippen LogP contribution in [0, 0.1) is 0 Å². The summed E-state index contributed by atoms with van der Waals surface area (Å²) in [7, 11) is 0. The number of rotatable bonds is 5. The molecular formula is C22H29N5O. The Hall–Kier alpha value is -2.15. The first kappa shape index (κ1) is 17.9. The van der Waals surface area contributed by atoms with Crippen LogP contribution in [0.25, 0.3) is 10.9 Å². The molecule has 0 radical (unpaired) electrons. The summed E-state index contributed by atoms with van der Waals surface area (Å²) in [5.41, 5.74) is 5.37. The second kappa shape index (κ2) is 8.07. The minimum absolute atomic E-state index is 0.537. The smallest absolute Gasteiger partial charge is 0.0594 e. The highest BCUT2D eigenvalue weighted by Gasteiger charge is 2.26. The van der Waals surface area contributed by atoms with Gasteiger partial charge in [-0.1, -0.05) is 18.2 Å². The molecule has 0 aliphatic carbocycles. The molecule has 2 saturated heterocycles. The Labute approximate surface area is 165 Å². The van der Waals surface area contributed by atoms with Gasteiger partial charge in [0.05, 0.1) is 19.4 Å². The monoisotopic (exact) mass is 379 g/mol. The first-order valence-corrected chi connectivity index (χ1v) is 10.5. The van der Waals surface area contributed by atoms with Crippen molar-refractivity contribution in [1.29, 1.82) is 0 Å². The van der Waals surface area contributed by atoms with E-state index in [-0.39, 0.29) is 0 Å². The molecule has 2 fully saturated rings. The number of morpholine rings is 1. The molecule has 0 saturated carbocycles. The number of ether oxygens (including phenoxy) is 1. The van der Waals surface area contributed by atoms with Crippen molar-refractivity contribution in [2.45, 2.75) is 31.8 Å². The second-order valence-electron chi connectivity index (χ2n) is 8.13. The van der Waals surface area contributed by atoms with Gasteiger partial charge in [-0.2, -0.15) is 5.10 Å². The summed E-state index contributed by atoms with van der Waals surface area (Å²) in [5.74, 6) is 0.537. The van der Waals surface area contributed by atoms with Crippen LogP contribution in [-0.2, 0) is 17.8 Å². The van der Waals surface area contributed by atoms with Gasteiger partial charge in [0.1, 0.15) is 0 Å². The van der Waals surface area contributed by atoms with E-state index in [0.717, 1.165) is 45.9 Å². The molecule has 6 heteroatoms. The third-order valence-corrected chi connectivity index (χ3v) is 6.23. The van der Waals surface area contributed by atoms with Crippen LogP contribution in [0.5, 0.6) is 0 Å². The van der Waals surface area contributed by atoms with Crippen molar-refractivity contribution < 1.29 is 4.74 Å². The highest BCUT2D eigenvalue weighted by Crippen LogP contribution is 2.30. The number of fused-ring (bicyclic) bond motifs is 1. The lowest BCUT2D eigenvalue weighted by Crippen LogP contribution is -2.37. The largest absolute Gasteiger partial charge is 0.379 e. The molecule has 5 rings (SSSR count). The summed E-state index contributed by atoms with van der Waals surface area (Å²) in [4.78, 5) is 8.49. The van der Waals surface area contributed by atoms with E-state index in [1.165, 1.54) is 47.1 Å². The van der Waals surface area contributed by atoms with E-state index in [2.05, 4.69) is 49.2 Å². The predicted molar refractivity (Wildman–Crippen MR) is 110 cm³/mol. The molecule has 0 amide bonds. The zero-order valence-electron chi connectivity index (χ0n) is 16.4. The number of nitrogens with one attached hydrogen (secondary N) is 2. The summed E-state index contributed by atoms with van der Waals surface area (Å²) in [6.07, 6.45) is 6.54. The van der Waals surface area contributed by atoms with Crippen molar-refractivity contribution in [1.82, 2.24) is 25.0 Å². The average molecular weight is 380 g/mol. The van der Waals surface area contributed by atoms with Gasteiger partial charge in [0.2, 0.25) is 0 Å². The van der Waals surface area contributed by atoms with Crippen LogP contribution >= 0.6 is 0 Å². The van der Waals surface area contributed by atoms with Crippen LogP contribution < -0.4 is 0 Å². The molecule has 1 unspecified atom stereocenters. The summed E-state index contributed by atoms with van der Waals surface area (Å²) in [5, 5.41) is 9.03. The van der Waals surface area contributed by atoms with E-state index in [1.807, 2.05) is 12.4 Å². The van der Waals surface area contributed by atoms with Gasteiger partial charge in [-0.05, 0) is 36.4 Å². The maximum Gasteiger partial charge on any atom is 0.0594 e. The zero-order chi connectivity index (χ0) is 18.8. The predicted octanol–water partition coefficient (Wildman–Crippen LogP) is 3.10. The highest BCUT2D eigenvalue weighted by molar-refractivity contribution is 5.82. The van der Waals surface area contributed by atoms with Gasteiger partial charge < -0.3 is 9.72 Å². The molecule has 1 atom stereocenters. The van der Waals surface area contributed by atoms with E-state index in [9.17, 15) is 0 Å². The molecule has 2 aromatic heterocycles. The Kier molecular flexibility index (Phi) is 5.16. The molecule has 3 aromatic rings. The van der Waals surface area contributed by atoms with Gasteiger partial charge >= 0.3 is 0 Å². The lowest BCUT2D eigenvalue weighted by molar-refractivity contribution is 0.0339. The van der Waals surface area contributed by atoms with Crippen molar-refractivity contribution in [2.24, 2.45) is 0 Å². The topological polar surface area (TPSA) is 60.2 Å². The Balaban J connectivity index is 1.28. The normalized spacial score (nSPS) is 22.1. The number of aromatic amines is 2. The Morgan fingerprint density at radius 3 is 2.86 bits per heavy atom. The Morgan fingerprint density at radius 2 is 1.93 bits per heavy atom. The van der Waals surface area contributed by atoms with E-state index in [4.69, 9.17) is 4.74 Å². The molecule has 4 heterocycles. The molecule has 1 aromatic carbocycles. The number of likely N-dealkylation sites (tertiary alicyclic amines) is 1. The molecule has 148 valence electrons. The van der Waals surface area contributed by atoms with E-state index >= 15 is 0 Å². The minimum atomic E-state index is 0.537. The Bertz CT molecular complexity index is 910. The standard InChI is InChI=1S/C22H29N5O/c1-3-17-6-7-23-21(17)18(4-1)14-27-8-2-5-19(15-27)22-20(13-24-25-22)16-26-9-11-28-12-10-26/h1,3-4,6-7,13,19,23H,2,5,8-12,14-16H2,(H,24,25). The number of nitrogens with zero attached hydrogens (tertiary/aromatic N) is 3. The number of H-pyrrole nitrogens is 2. The molecule has 0 spiro atoms. The quantitative estimate of drug-likeness (QED) is 0.715. The van der Waals surface area contributed by atoms with Crippen molar-refractivity contribution in [2.75, 3.05) is 39.4 Å². The summed E-state index contributed by atoms with van der Waals surface area (Å²) < 4.78 is 5.49. The lowest BCUT2D eigenvalue weighted by atomic mass is 9.92. The number of hydrogen-bond acceptors (Lipinski definition) is 4. The summed E-state index contributed by atoms with van der Waals surface area (Å²) in [6, 6.07) is 8.75. The molecular weight excluding hydrogens is 350 g/mol. The molecule has 0 bridgehead atoms. The third kappa shape index (κ3) is 3.72. The van der Waals surface area contributed by atoms with Gasteiger partial charge in [-0.15, -0.1) is 0 Å². The third-order valence-electron chi connectivity index (χ3n) is 6.23. The second-order valence-corrected chi connectivity index (χ2v) is 8.13. The number of piperidine rings is 1. The summed E-state index contributed by atoms with van der Waals surface area (Å²) >= 11 is 0. The fourth-order valence-corrected chi connectivity index (χ4v) is 4.76. The number of para-hydroxylation sites is 1. The molecule has 2 N–H and O–H groups in total. The van der Waals surface area contributed by atoms with E-state index in [1.54, 1.807) is 0 Å². The van der Waals surface area contributed by atoms with Crippen LogP contribution in [0.15, 0.2) is 36.7 Å². The van der Waals surface area contributed by atoms with Crippen molar-refractivity contribution in [3.8, 4) is 0 Å².